The summed E-state index contributed by atoms with van der Waals surface area (Å²) in [7, 11) is 0. The lowest BCUT2D eigenvalue weighted by Crippen LogP contribution is -2.17. The molecule has 0 bridgehead atoms. The zero-order chi connectivity index (χ0) is 23.9. The highest BCUT2D eigenvalue weighted by molar-refractivity contribution is 5.84. The molecule has 0 unspecified atom stereocenters. The van der Waals surface area contributed by atoms with Crippen LogP contribution in [0.3, 0.4) is 0 Å². The molecule has 0 aliphatic heterocycles. The standard InChI is InChI=1S/C26H35N3O5/c1-2-3-7-21(30)15-12-18-10-13-20(14-11-18)29-34-26-27-24(32)23-19(6-4-5-17-8-9-17)16-22(31)33-25(23)28-26/h16-18H,2-15H2,1H3,(H,27,28,32). The predicted octanol–water partition coefficient (Wildman–Crippen LogP) is 5.07. The SMILES string of the molecule is CCCCC(=O)CCC1CCC(=NOc2nc3oc(=O)cc(CCCC4CC4)c3c(=O)[nH]2)CC1. The molecule has 8 nitrogen and oxygen atoms in total. The molecule has 2 heterocycles. The van der Waals surface area contributed by atoms with E-state index >= 15 is 0 Å². The second-order valence-electron chi connectivity index (χ2n) is 9.85. The van der Waals surface area contributed by atoms with Gasteiger partial charge >= 0.3 is 11.6 Å². The molecule has 0 spiro atoms. The summed E-state index contributed by atoms with van der Waals surface area (Å²) in [6.45, 7) is 2.10. The van der Waals surface area contributed by atoms with Crippen molar-refractivity contribution < 1.29 is 14.0 Å². The molecule has 0 aromatic carbocycles. The van der Waals surface area contributed by atoms with Crippen molar-refractivity contribution in [1.82, 2.24) is 9.97 Å². The number of aromatic amines is 1. The fourth-order valence-electron chi connectivity index (χ4n) is 4.72. The number of carbonyl (C=O) groups excluding carboxylic acids is 1. The molecule has 2 fully saturated rings. The van der Waals surface area contributed by atoms with Crippen molar-refractivity contribution >= 4 is 22.6 Å². The summed E-state index contributed by atoms with van der Waals surface area (Å²) in [6, 6.07) is 1.31. The number of nitrogens with one attached hydrogen (secondary N) is 1. The van der Waals surface area contributed by atoms with Gasteiger partial charge in [-0.05, 0) is 68.8 Å². The van der Waals surface area contributed by atoms with Crippen LogP contribution in [-0.4, -0.2) is 21.5 Å². The number of hydrogen-bond acceptors (Lipinski definition) is 7. The van der Waals surface area contributed by atoms with Gasteiger partial charge in [0, 0.05) is 18.9 Å². The van der Waals surface area contributed by atoms with E-state index in [9.17, 15) is 14.4 Å². The number of nitrogens with zero attached hydrogens (tertiary/aromatic N) is 2. The Morgan fingerprint density at radius 2 is 1.88 bits per heavy atom. The van der Waals surface area contributed by atoms with Gasteiger partial charge in [0.2, 0.25) is 5.71 Å². The maximum absolute atomic E-state index is 12.7. The lowest BCUT2D eigenvalue weighted by atomic mass is 9.84. The van der Waals surface area contributed by atoms with Gasteiger partial charge in [0.1, 0.15) is 11.2 Å². The van der Waals surface area contributed by atoms with Crippen LogP contribution in [0.25, 0.3) is 11.1 Å². The Kier molecular flexibility index (Phi) is 8.29. The van der Waals surface area contributed by atoms with Crippen molar-refractivity contribution in [3.63, 3.8) is 0 Å². The van der Waals surface area contributed by atoms with Crippen molar-refractivity contribution in [2.75, 3.05) is 0 Å². The van der Waals surface area contributed by atoms with Gasteiger partial charge in [-0.3, -0.25) is 14.6 Å². The van der Waals surface area contributed by atoms with E-state index in [1.54, 1.807) is 0 Å². The Labute approximate surface area is 199 Å². The molecule has 34 heavy (non-hydrogen) atoms. The maximum Gasteiger partial charge on any atom is 0.337 e. The van der Waals surface area contributed by atoms with E-state index in [1.807, 2.05) is 0 Å². The largest absolute Gasteiger partial charge is 0.403 e. The number of Topliss-reactive ketones (excluding diaryl/α,β-unsaturated/α-hetero) is 1. The van der Waals surface area contributed by atoms with Crippen LogP contribution in [-0.2, 0) is 11.2 Å². The number of unbranched alkanes of at least 4 members (excludes halogenated alkanes) is 1. The highest BCUT2D eigenvalue weighted by Crippen LogP contribution is 2.34. The lowest BCUT2D eigenvalue weighted by Gasteiger charge is -2.22. The van der Waals surface area contributed by atoms with Crippen LogP contribution in [0.1, 0.15) is 96.0 Å². The molecule has 2 aromatic heterocycles. The summed E-state index contributed by atoms with van der Waals surface area (Å²) in [5.74, 6) is 1.70. The lowest BCUT2D eigenvalue weighted by molar-refractivity contribution is -0.119. The third-order valence-corrected chi connectivity index (χ3v) is 7.01. The molecule has 2 aliphatic carbocycles. The van der Waals surface area contributed by atoms with E-state index < -0.39 is 5.63 Å². The van der Waals surface area contributed by atoms with Crippen molar-refractivity contribution in [2.45, 2.75) is 96.8 Å². The van der Waals surface area contributed by atoms with Gasteiger partial charge in [-0.1, -0.05) is 37.8 Å². The summed E-state index contributed by atoms with van der Waals surface area (Å²) in [4.78, 5) is 48.9. The van der Waals surface area contributed by atoms with Gasteiger partial charge in [0.25, 0.3) is 5.56 Å². The number of ketones is 1. The average molecular weight is 470 g/mol. The van der Waals surface area contributed by atoms with E-state index in [0.717, 1.165) is 69.4 Å². The molecule has 4 rings (SSSR count). The van der Waals surface area contributed by atoms with Crippen LogP contribution in [0, 0.1) is 11.8 Å². The topological polar surface area (TPSA) is 115 Å². The minimum atomic E-state index is -0.518. The minimum Gasteiger partial charge on any atom is -0.403 e. The second kappa shape index (κ2) is 11.6. The Morgan fingerprint density at radius 1 is 1.12 bits per heavy atom. The van der Waals surface area contributed by atoms with Gasteiger partial charge in [-0.25, -0.2) is 4.79 Å². The fraction of sp³-hybridized carbons (Fsp3) is 0.654. The van der Waals surface area contributed by atoms with Crippen molar-refractivity contribution in [3.05, 3.63) is 32.4 Å². The Balaban J connectivity index is 1.34. The van der Waals surface area contributed by atoms with E-state index in [0.29, 0.717) is 41.9 Å². The molecule has 8 heteroatoms. The summed E-state index contributed by atoms with van der Waals surface area (Å²) in [6.07, 6.45) is 13.1. The number of fused-ring (bicyclic) bond motifs is 1. The summed E-state index contributed by atoms with van der Waals surface area (Å²) in [5.41, 5.74) is 0.665. The number of carbonyl (C=O) groups is 1. The van der Waals surface area contributed by atoms with Gasteiger partial charge in [0.15, 0.2) is 0 Å². The van der Waals surface area contributed by atoms with Gasteiger partial charge in [0.05, 0.1) is 5.71 Å². The first-order valence-electron chi connectivity index (χ1n) is 12.8. The number of rotatable bonds is 12. The highest BCUT2D eigenvalue weighted by Gasteiger charge is 2.22. The summed E-state index contributed by atoms with van der Waals surface area (Å²) in [5, 5.41) is 4.50. The van der Waals surface area contributed by atoms with E-state index in [2.05, 4.69) is 22.0 Å². The van der Waals surface area contributed by atoms with Crippen molar-refractivity contribution in [1.29, 1.82) is 0 Å². The Hall–Kier alpha value is -2.77. The molecular formula is C26H35N3O5. The quantitative estimate of drug-likeness (QED) is 0.434. The van der Waals surface area contributed by atoms with Crippen LogP contribution < -0.4 is 16.0 Å². The van der Waals surface area contributed by atoms with Crippen molar-refractivity contribution in [2.24, 2.45) is 17.0 Å². The summed E-state index contributed by atoms with van der Waals surface area (Å²) >= 11 is 0. The molecule has 2 aliphatic rings. The molecule has 0 saturated heterocycles. The average Bonchev–Trinajstić information content (AvgIpc) is 3.64. The zero-order valence-corrected chi connectivity index (χ0v) is 20.1. The van der Waals surface area contributed by atoms with Crippen LogP contribution in [0.15, 0.2) is 25.2 Å². The minimum absolute atomic E-state index is 0.00989. The number of aryl methyl sites for hydroxylation is 1. The molecule has 2 aromatic rings. The van der Waals surface area contributed by atoms with E-state index in [1.165, 1.54) is 18.9 Å². The number of aromatic nitrogens is 2. The first-order valence-corrected chi connectivity index (χ1v) is 12.8. The molecule has 0 atom stereocenters. The Morgan fingerprint density at radius 3 is 2.62 bits per heavy atom. The normalized spacial score (nSPS) is 18.3. The monoisotopic (exact) mass is 469 g/mol. The first kappa shape index (κ1) is 24.4. The van der Waals surface area contributed by atoms with E-state index in [-0.39, 0.29) is 17.3 Å². The number of oxime groups is 1. The highest BCUT2D eigenvalue weighted by atomic mass is 16.6. The van der Waals surface area contributed by atoms with Gasteiger partial charge < -0.3 is 9.25 Å². The van der Waals surface area contributed by atoms with Crippen LogP contribution in [0.5, 0.6) is 6.01 Å². The maximum atomic E-state index is 12.7. The fourth-order valence-corrected chi connectivity index (χ4v) is 4.72. The molecule has 184 valence electrons. The Bertz CT molecular complexity index is 1140. The van der Waals surface area contributed by atoms with Gasteiger partial charge in [-0.2, -0.15) is 4.98 Å². The smallest absolute Gasteiger partial charge is 0.337 e. The molecule has 0 amide bonds. The number of H-pyrrole nitrogens is 1. The summed E-state index contributed by atoms with van der Waals surface area (Å²) < 4.78 is 5.20. The number of hydrogen-bond donors (Lipinski definition) is 1. The molecule has 0 radical (unpaired) electrons. The predicted molar refractivity (Wildman–Crippen MR) is 130 cm³/mol. The van der Waals surface area contributed by atoms with Crippen molar-refractivity contribution in [3.8, 4) is 6.01 Å². The van der Waals surface area contributed by atoms with Gasteiger partial charge in [-0.15, -0.1) is 0 Å². The van der Waals surface area contributed by atoms with Crippen LogP contribution in [0.2, 0.25) is 0 Å². The zero-order valence-electron chi connectivity index (χ0n) is 20.1. The third kappa shape index (κ3) is 6.87. The molecule has 1 N–H and O–H groups in total. The first-order chi connectivity index (χ1) is 16.5. The molecular weight excluding hydrogens is 434 g/mol. The van der Waals surface area contributed by atoms with Crippen LogP contribution in [0.4, 0.5) is 0 Å². The molecule has 2 saturated carbocycles. The second-order valence-corrected chi connectivity index (χ2v) is 9.85. The van der Waals surface area contributed by atoms with Crippen LogP contribution >= 0.6 is 0 Å². The van der Waals surface area contributed by atoms with E-state index in [4.69, 9.17) is 9.25 Å². The third-order valence-electron chi connectivity index (χ3n) is 7.01.